The molecule has 0 unspecified atom stereocenters. The first-order valence-corrected chi connectivity index (χ1v) is 7.33. The molecule has 0 saturated carbocycles. The molecule has 0 aliphatic carbocycles. The van der Waals surface area contributed by atoms with Gasteiger partial charge in [0.2, 0.25) is 0 Å². The number of fused-ring (bicyclic) bond motifs is 1. The fourth-order valence-corrected chi connectivity index (χ4v) is 2.05. The Bertz CT molecular complexity index is 837. The van der Waals surface area contributed by atoms with Crippen molar-refractivity contribution >= 4 is 28.7 Å². The Labute approximate surface area is 137 Å². The van der Waals surface area contributed by atoms with Crippen LogP contribution in [-0.4, -0.2) is 18.7 Å². The second-order valence-electron chi connectivity index (χ2n) is 4.75. The number of rotatable bonds is 5. The smallest absolute Gasteiger partial charge is 0.411 e. The number of amides is 1. The minimum Gasteiger partial charge on any atom is -0.458 e. The molecule has 1 N–H and O–H groups in total. The molecule has 0 bridgehead atoms. The van der Waals surface area contributed by atoms with Crippen LogP contribution in [0.25, 0.3) is 11.0 Å². The monoisotopic (exact) mass is 331 g/mol. The molecule has 0 aliphatic heterocycles. The molecule has 7 nitrogen and oxygen atoms in total. The summed E-state index contributed by atoms with van der Waals surface area (Å²) in [6, 6.07) is 6.07. The molecule has 0 spiro atoms. The zero-order valence-corrected chi connectivity index (χ0v) is 13.3. The standard InChI is InChI=1S/C17H17NO6/c1-3-5-15(19)23-10-11-8-16(20)24-14-9-12(6-7-13(11)14)18-17(21)22-4-2/h3,5-9H,4,10H2,1-2H3,(H,18,21). The molecule has 1 heterocycles. The maximum atomic E-state index is 11.7. The van der Waals surface area contributed by atoms with Crippen molar-refractivity contribution in [3.8, 4) is 0 Å². The summed E-state index contributed by atoms with van der Waals surface area (Å²) < 4.78 is 15.0. The summed E-state index contributed by atoms with van der Waals surface area (Å²) in [5.41, 5.74) is 0.635. The molecule has 1 amide bonds. The van der Waals surface area contributed by atoms with Crippen LogP contribution in [0.1, 0.15) is 19.4 Å². The van der Waals surface area contributed by atoms with Crippen LogP contribution >= 0.6 is 0 Å². The Hall–Kier alpha value is -3.09. The van der Waals surface area contributed by atoms with E-state index >= 15 is 0 Å². The van der Waals surface area contributed by atoms with Crippen LogP contribution in [0.15, 0.2) is 45.6 Å². The van der Waals surface area contributed by atoms with Gasteiger partial charge in [0.05, 0.1) is 6.61 Å². The van der Waals surface area contributed by atoms with Gasteiger partial charge in [-0.25, -0.2) is 14.4 Å². The third kappa shape index (κ3) is 4.45. The van der Waals surface area contributed by atoms with Crippen molar-refractivity contribution in [2.75, 3.05) is 11.9 Å². The number of carbonyl (C=O) groups excluding carboxylic acids is 2. The summed E-state index contributed by atoms with van der Waals surface area (Å²) in [5, 5.41) is 3.13. The second-order valence-corrected chi connectivity index (χ2v) is 4.75. The Morgan fingerprint density at radius 2 is 2.04 bits per heavy atom. The summed E-state index contributed by atoms with van der Waals surface area (Å²) in [5.74, 6) is -0.500. The van der Waals surface area contributed by atoms with E-state index in [9.17, 15) is 14.4 Å². The molecule has 0 atom stereocenters. The van der Waals surface area contributed by atoms with E-state index in [0.29, 0.717) is 16.6 Å². The summed E-state index contributed by atoms with van der Waals surface area (Å²) in [7, 11) is 0. The zero-order valence-electron chi connectivity index (χ0n) is 13.3. The fourth-order valence-electron chi connectivity index (χ4n) is 2.05. The highest BCUT2D eigenvalue weighted by Crippen LogP contribution is 2.22. The van der Waals surface area contributed by atoms with Gasteiger partial charge in [0.15, 0.2) is 0 Å². The Morgan fingerprint density at radius 1 is 1.25 bits per heavy atom. The lowest BCUT2D eigenvalue weighted by Crippen LogP contribution is -2.13. The Balaban J connectivity index is 2.28. The van der Waals surface area contributed by atoms with Crippen molar-refractivity contribution in [1.29, 1.82) is 0 Å². The van der Waals surface area contributed by atoms with E-state index in [1.165, 1.54) is 18.2 Å². The van der Waals surface area contributed by atoms with Crippen LogP contribution in [0, 0.1) is 0 Å². The lowest BCUT2D eigenvalue weighted by molar-refractivity contribution is -0.138. The summed E-state index contributed by atoms with van der Waals surface area (Å²) in [6.45, 7) is 3.58. The van der Waals surface area contributed by atoms with Crippen molar-refractivity contribution in [3.63, 3.8) is 0 Å². The van der Waals surface area contributed by atoms with Gasteiger partial charge in [0.1, 0.15) is 12.2 Å². The van der Waals surface area contributed by atoms with Gasteiger partial charge >= 0.3 is 17.7 Å². The predicted molar refractivity (Wildman–Crippen MR) is 87.7 cm³/mol. The van der Waals surface area contributed by atoms with Crippen LogP contribution in [0.4, 0.5) is 10.5 Å². The summed E-state index contributed by atoms with van der Waals surface area (Å²) in [4.78, 5) is 34.5. The first kappa shape index (κ1) is 17.3. The van der Waals surface area contributed by atoms with Crippen molar-refractivity contribution in [3.05, 3.63) is 52.4 Å². The molecule has 126 valence electrons. The SMILES string of the molecule is CC=CC(=O)OCc1cc(=O)oc2cc(NC(=O)OCC)ccc12. The van der Waals surface area contributed by atoms with Gasteiger partial charge in [-0.2, -0.15) is 0 Å². The normalized spacial score (nSPS) is 10.8. The highest BCUT2D eigenvalue weighted by atomic mass is 16.5. The van der Waals surface area contributed by atoms with Gasteiger partial charge in [-0.15, -0.1) is 0 Å². The predicted octanol–water partition coefficient (Wildman–Crippen LogP) is 2.98. The van der Waals surface area contributed by atoms with E-state index in [2.05, 4.69) is 5.32 Å². The molecule has 0 aliphatic rings. The quantitative estimate of drug-likeness (QED) is 0.514. The first-order chi connectivity index (χ1) is 11.5. The van der Waals surface area contributed by atoms with E-state index < -0.39 is 17.7 Å². The third-order valence-corrected chi connectivity index (χ3v) is 3.02. The van der Waals surface area contributed by atoms with Crippen molar-refractivity contribution < 1.29 is 23.5 Å². The number of nitrogens with one attached hydrogen (secondary N) is 1. The average Bonchev–Trinajstić information content (AvgIpc) is 2.52. The topological polar surface area (TPSA) is 94.8 Å². The minimum absolute atomic E-state index is 0.0596. The fraction of sp³-hybridized carbons (Fsp3) is 0.235. The highest BCUT2D eigenvalue weighted by Gasteiger charge is 2.10. The first-order valence-electron chi connectivity index (χ1n) is 7.33. The van der Waals surface area contributed by atoms with Crippen LogP contribution in [-0.2, 0) is 20.9 Å². The number of allylic oxidation sites excluding steroid dienone is 1. The van der Waals surface area contributed by atoms with Gasteiger partial charge in [0, 0.05) is 34.8 Å². The molecule has 0 radical (unpaired) electrons. The lowest BCUT2D eigenvalue weighted by Gasteiger charge is -2.08. The Morgan fingerprint density at radius 3 is 2.75 bits per heavy atom. The van der Waals surface area contributed by atoms with E-state index in [-0.39, 0.29) is 18.8 Å². The minimum atomic E-state index is -0.601. The average molecular weight is 331 g/mol. The number of hydrogen-bond donors (Lipinski definition) is 1. The number of hydrogen-bond acceptors (Lipinski definition) is 6. The number of benzene rings is 1. The van der Waals surface area contributed by atoms with E-state index in [0.717, 1.165) is 0 Å². The lowest BCUT2D eigenvalue weighted by atomic mass is 10.1. The maximum Gasteiger partial charge on any atom is 0.411 e. The number of carbonyl (C=O) groups is 2. The highest BCUT2D eigenvalue weighted by molar-refractivity contribution is 5.90. The van der Waals surface area contributed by atoms with Crippen molar-refractivity contribution in [2.45, 2.75) is 20.5 Å². The van der Waals surface area contributed by atoms with Crippen LogP contribution < -0.4 is 10.9 Å². The molecular formula is C17H17NO6. The second kappa shape index (κ2) is 7.96. The van der Waals surface area contributed by atoms with Crippen molar-refractivity contribution in [1.82, 2.24) is 0 Å². The molecule has 7 heteroatoms. The molecule has 0 fully saturated rings. The van der Waals surface area contributed by atoms with Gasteiger partial charge in [-0.05, 0) is 26.0 Å². The molecule has 0 saturated heterocycles. The van der Waals surface area contributed by atoms with Gasteiger partial charge in [-0.3, -0.25) is 5.32 Å². The molecule has 24 heavy (non-hydrogen) atoms. The van der Waals surface area contributed by atoms with Gasteiger partial charge in [-0.1, -0.05) is 6.08 Å². The van der Waals surface area contributed by atoms with Crippen LogP contribution in [0.3, 0.4) is 0 Å². The maximum absolute atomic E-state index is 11.7. The number of anilines is 1. The van der Waals surface area contributed by atoms with Gasteiger partial charge < -0.3 is 13.9 Å². The van der Waals surface area contributed by atoms with Crippen LogP contribution in [0.2, 0.25) is 0 Å². The van der Waals surface area contributed by atoms with E-state index in [1.807, 2.05) is 0 Å². The van der Waals surface area contributed by atoms with Crippen LogP contribution in [0.5, 0.6) is 0 Å². The molecular weight excluding hydrogens is 314 g/mol. The number of esters is 1. The molecule has 2 aromatic rings. The molecule has 1 aromatic heterocycles. The number of ether oxygens (including phenoxy) is 2. The summed E-state index contributed by atoms with van der Waals surface area (Å²) >= 11 is 0. The largest absolute Gasteiger partial charge is 0.458 e. The van der Waals surface area contributed by atoms with Gasteiger partial charge in [0.25, 0.3) is 0 Å². The Kier molecular flexibility index (Phi) is 5.73. The van der Waals surface area contributed by atoms with Crippen molar-refractivity contribution in [2.24, 2.45) is 0 Å². The molecule has 2 rings (SSSR count). The summed E-state index contributed by atoms with van der Waals surface area (Å²) in [6.07, 6.45) is 2.25. The van der Waals surface area contributed by atoms with E-state index in [1.54, 1.807) is 32.1 Å². The third-order valence-electron chi connectivity index (χ3n) is 3.02. The van der Waals surface area contributed by atoms with E-state index in [4.69, 9.17) is 13.9 Å². The molecule has 1 aromatic carbocycles. The zero-order chi connectivity index (χ0) is 17.5.